The maximum absolute atomic E-state index is 12.5. The summed E-state index contributed by atoms with van der Waals surface area (Å²) in [5, 5.41) is 6.86. The van der Waals surface area contributed by atoms with E-state index < -0.39 is 0 Å². The number of aromatic nitrogens is 1. The zero-order valence-corrected chi connectivity index (χ0v) is 16.6. The molecule has 2 aromatic carbocycles. The Morgan fingerprint density at radius 1 is 1.14 bits per heavy atom. The summed E-state index contributed by atoms with van der Waals surface area (Å²) >= 11 is 0. The second-order valence-electron chi connectivity index (χ2n) is 6.91. The van der Waals surface area contributed by atoms with Crippen LogP contribution in [-0.4, -0.2) is 43.7 Å². The van der Waals surface area contributed by atoms with Crippen molar-refractivity contribution in [1.82, 2.24) is 15.4 Å². The Kier molecular flexibility index (Phi) is 6.11. The van der Waals surface area contributed by atoms with E-state index in [2.05, 4.69) is 46.6 Å². The average Bonchev–Trinajstić information content (AvgIpc) is 3.19. The monoisotopic (exact) mass is 379 g/mol. The Morgan fingerprint density at radius 3 is 2.43 bits per heavy atom. The van der Waals surface area contributed by atoms with Crippen LogP contribution >= 0.6 is 0 Å². The largest absolute Gasteiger partial charge is 0.497 e. The number of carbonyl (C=O) groups is 1. The SMILES string of the molecule is COc1ccc(-c2cc(C(=O)NC[C@@H](c3ccc(C)cc3)N(C)C)no2)cc1. The molecule has 6 heteroatoms. The van der Waals surface area contributed by atoms with E-state index in [9.17, 15) is 4.79 Å². The highest BCUT2D eigenvalue weighted by Gasteiger charge is 2.18. The van der Waals surface area contributed by atoms with Crippen molar-refractivity contribution in [3.8, 4) is 17.1 Å². The number of carbonyl (C=O) groups excluding carboxylic acids is 1. The molecule has 28 heavy (non-hydrogen) atoms. The van der Waals surface area contributed by atoms with Crippen LogP contribution < -0.4 is 10.1 Å². The topological polar surface area (TPSA) is 67.6 Å². The van der Waals surface area contributed by atoms with Gasteiger partial charge < -0.3 is 19.5 Å². The fourth-order valence-corrected chi connectivity index (χ4v) is 2.94. The number of nitrogens with zero attached hydrogens (tertiary/aromatic N) is 2. The summed E-state index contributed by atoms with van der Waals surface area (Å²) in [6.45, 7) is 2.53. The maximum Gasteiger partial charge on any atom is 0.273 e. The lowest BCUT2D eigenvalue weighted by molar-refractivity contribution is 0.0933. The van der Waals surface area contributed by atoms with Gasteiger partial charge in [-0.2, -0.15) is 0 Å². The lowest BCUT2D eigenvalue weighted by atomic mass is 10.0. The summed E-state index contributed by atoms with van der Waals surface area (Å²) in [5.74, 6) is 1.03. The third kappa shape index (κ3) is 4.58. The van der Waals surface area contributed by atoms with Gasteiger partial charge in [0.25, 0.3) is 5.91 Å². The van der Waals surface area contributed by atoms with Gasteiger partial charge in [0.2, 0.25) is 0 Å². The first-order valence-corrected chi connectivity index (χ1v) is 9.10. The molecule has 0 spiro atoms. The molecule has 6 nitrogen and oxygen atoms in total. The van der Waals surface area contributed by atoms with Crippen molar-refractivity contribution < 1.29 is 14.1 Å². The van der Waals surface area contributed by atoms with Crippen LogP contribution in [0.25, 0.3) is 11.3 Å². The van der Waals surface area contributed by atoms with E-state index >= 15 is 0 Å². The van der Waals surface area contributed by atoms with E-state index in [-0.39, 0.29) is 17.6 Å². The molecule has 0 saturated carbocycles. The number of rotatable bonds is 7. The number of likely N-dealkylation sites (N-methyl/N-ethyl adjacent to an activating group) is 1. The van der Waals surface area contributed by atoms with Crippen LogP contribution in [0.3, 0.4) is 0 Å². The molecule has 0 aliphatic carbocycles. The predicted octanol–water partition coefficient (Wildman–Crippen LogP) is 3.69. The van der Waals surface area contributed by atoms with Crippen LogP contribution in [0.4, 0.5) is 0 Å². The number of aryl methyl sites for hydroxylation is 1. The molecule has 0 aliphatic rings. The second-order valence-corrected chi connectivity index (χ2v) is 6.91. The van der Waals surface area contributed by atoms with Crippen molar-refractivity contribution in [1.29, 1.82) is 0 Å². The summed E-state index contributed by atoms with van der Waals surface area (Å²) in [6, 6.07) is 17.4. The third-order valence-electron chi connectivity index (χ3n) is 4.66. The summed E-state index contributed by atoms with van der Waals surface area (Å²) in [7, 11) is 5.60. The standard InChI is InChI=1S/C22H25N3O3/c1-15-5-7-16(8-6-15)20(25(2)3)14-23-22(26)19-13-21(28-24-19)17-9-11-18(27-4)12-10-17/h5-13,20H,14H2,1-4H3,(H,23,26)/t20-/m0/s1. The van der Waals surface area contributed by atoms with Gasteiger partial charge >= 0.3 is 0 Å². The van der Waals surface area contributed by atoms with Gasteiger partial charge in [-0.05, 0) is 50.8 Å². The highest BCUT2D eigenvalue weighted by molar-refractivity contribution is 5.93. The van der Waals surface area contributed by atoms with Gasteiger partial charge in [0.05, 0.1) is 13.2 Å². The number of ether oxygens (including phenoxy) is 1. The Morgan fingerprint density at radius 2 is 1.82 bits per heavy atom. The van der Waals surface area contributed by atoms with Crippen molar-refractivity contribution in [2.45, 2.75) is 13.0 Å². The number of hydrogen-bond acceptors (Lipinski definition) is 5. The Balaban J connectivity index is 1.67. The number of amides is 1. The molecule has 1 heterocycles. The van der Waals surface area contributed by atoms with Crippen LogP contribution in [0.5, 0.6) is 5.75 Å². The molecule has 3 aromatic rings. The fourth-order valence-electron chi connectivity index (χ4n) is 2.94. The molecule has 0 bridgehead atoms. The zero-order chi connectivity index (χ0) is 20.1. The van der Waals surface area contributed by atoms with E-state index in [4.69, 9.17) is 9.26 Å². The molecule has 1 amide bonds. The molecule has 1 aromatic heterocycles. The van der Waals surface area contributed by atoms with Crippen molar-refractivity contribution in [3.63, 3.8) is 0 Å². The van der Waals surface area contributed by atoms with Gasteiger partial charge in [-0.25, -0.2) is 0 Å². The van der Waals surface area contributed by atoms with Gasteiger partial charge in [-0.1, -0.05) is 35.0 Å². The highest BCUT2D eigenvalue weighted by atomic mass is 16.5. The average molecular weight is 379 g/mol. The van der Waals surface area contributed by atoms with E-state index in [0.29, 0.717) is 12.3 Å². The summed E-state index contributed by atoms with van der Waals surface area (Å²) in [6.07, 6.45) is 0. The lowest BCUT2D eigenvalue weighted by Crippen LogP contribution is -2.34. The minimum Gasteiger partial charge on any atom is -0.497 e. The number of methoxy groups -OCH3 is 1. The van der Waals surface area contributed by atoms with Crippen molar-refractivity contribution in [3.05, 3.63) is 71.4 Å². The maximum atomic E-state index is 12.5. The van der Waals surface area contributed by atoms with Gasteiger partial charge in [0, 0.05) is 18.2 Å². The van der Waals surface area contributed by atoms with Crippen LogP contribution in [-0.2, 0) is 0 Å². The summed E-state index contributed by atoms with van der Waals surface area (Å²) in [4.78, 5) is 14.6. The molecule has 0 unspecified atom stereocenters. The molecule has 1 N–H and O–H groups in total. The van der Waals surface area contributed by atoms with Crippen LogP contribution in [0, 0.1) is 6.92 Å². The van der Waals surface area contributed by atoms with Crippen molar-refractivity contribution >= 4 is 5.91 Å². The molecule has 3 rings (SSSR count). The summed E-state index contributed by atoms with van der Waals surface area (Å²) in [5.41, 5.74) is 3.44. The zero-order valence-electron chi connectivity index (χ0n) is 16.6. The number of nitrogens with one attached hydrogen (secondary N) is 1. The Bertz CT molecular complexity index is 915. The highest BCUT2D eigenvalue weighted by Crippen LogP contribution is 2.23. The molecule has 1 atom stereocenters. The molecule has 0 radical (unpaired) electrons. The Labute approximate surface area is 165 Å². The smallest absolute Gasteiger partial charge is 0.273 e. The molecule has 0 aliphatic heterocycles. The first-order chi connectivity index (χ1) is 13.5. The third-order valence-corrected chi connectivity index (χ3v) is 4.66. The van der Waals surface area contributed by atoms with E-state index in [0.717, 1.165) is 16.9 Å². The molecule has 146 valence electrons. The first-order valence-electron chi connectivity index (χ1n) is 9.10. The molecule has 0 saturated heterocycles. The van der Waals surface area contributed by atoms with E-state index in [1.807, 2.05) is 38.4 Å². The van der Waals surface area contributed by atoms with Gasteiger partial charge in [-0.3, -0.25) is 4.79 Å². The first kappa shape index (κ1) is 19.6. The van der Waals surface area contributed by atoms with Gasteiger partial charge in [0.1, 0.15) is 5.75 Å². The molecule has 0 fully saturated rings. The van der Waals surface area contributed by atoms with Crippen LogP contribution in [0.1, 0.15) is 27.7 Å². The van der Waals surface area contributed by atoms with E-state index in [1.165, 1.54) is 5.56 Å². The quantitative estimate of drug-likeness (QED) is 0.678. The van der Waals surface area contributed by atoms with Crippen molar-refractivity contribution in [2.75, 3.05) is 27.7 Å². The normalized spacial score (nSPS) is 12.0. The minimum absolute atomic E-state index is 0.0671. The number of benzene rings is 2. The lowest BCUT2D eigenvalue weighted by Gasteiger charge is -2.25. The molecular weight excluding hydrogens is 354 g/mol. The van der Waals surface area contributed by atoms with Crippen molar-refractivity contribution in [2.24, 2.45) is 0 Å². The van der Waals surface area contributed by atoms with Crippen LogP contribution in [0.2, 0.25) is 0 Å². The number of hydrogen-bond donors (Lipinski definition) is 1. The second kappa shape index (κ2) is 8.71. The Hall–Kier alpha value is -3.12. The molecular formula is C22H25N3O3. The predicted molar refractivity (Wildman–Crippen MR) is 108 cm³/mol. The fraction of sp³-hybridized carbons (Fsp3) is 0.273. The minimum atomic E-state index is -0.262. The van der Waals surface area contributed by atoms with Gasteiger partial charge in [0.15, 0.2) is 11.5 Å². The van der Waals surface area contributed by atoms with Crippen LogP contribution in [0.15, 0.2) is 59.1 Å². The van der Waals surface area contributed by atoms with Gasteiger partial charge in [-0.15, -0.1) is 0 Å². The summed E-state index contributed by atoms with van der Waals surface area (Å²) < 4.78 is 10.5. The van der Waals surface area contributed by atoms with E-state index in [1.54, 1.807) is 13.2 Å².